The number of amides is 2. The monoisotopic (exact) mass is 368 g/mol. The molecule has 0 bridgehead atoms. The van der Waals surface area contributed by atoms with Crippen molar-refractivity contribution in [2.24, 2.45) is 0 Å². The first-order valence-corrected chi connectivity index (χ1v) is 8.15. The van der Waals surface area contributed by atoms with Crippen molar-refractivity contribution >= 4 is 35.0 Å². The highest BCUT2D eigenvalue weighted by molar-refractivity contribution is 6.42. The molecule has 9 heteroatoms. The number of hydrogen-bond donors (Lipinski definition) is 2. The summed E-state index contributed by atoms with van der Waals surface area (Å²) < 4.78 is 4.91. The summed E-state index contributed by atoms with van der Waals surface area (Å²) in [7, 11) is 0. The Bertz CT molecular complexity index is 774. The van der Waals surface area contributed by atoms with Crippen LogP contribution < -0.4 is 10.6 Å². The standard InChI is InChI=1S/C15H14Cl2N4O3/c16-10-4-3-9(7-11(10)17)13(22)18-5-6-19-14(23)15-20-12(21-24-15)8-1-2-8/h3-4,7-8H,1-2,5-6H2,(H,18,22)(H,19,23). The molecule has 1 aliphatic carbocycles. The largest absolute Gasteiger partial charge is 0.350 e. The van der Waals surface area contributed by atoms with Crippen LogP contribution >= 0.6 is 23.2 Å². The average molecular weight is 369 g/mol. The molecule has 0 spiro atoms. The molecule has 1 fully saturated rings. The molecule has 7 nitrogen and oxygen atoms in total. The predicted molar refractivity (Wildman–Crippen MR) is 87.4 cm³/mol. The van der Waals surface area contributed by atoms with Crippen molar-refractivity contribution in [3.05, 3.63) is 45.5 Å². The van der Waals surface area contributed by atoms with Crippen molar-refractivity contribution in [3.63, 3.8) is 0 Å². The molecule has 1 aromatic heterocycles. The van der Waals surface area contributed by atoms with E-state index in [1.807, 2.05) is 0 Å². The molecule has 0 unspecified atom stereocenters. The van der Waals surface area contributed by atoms with Gasteiger partial charge in [0.05, 0.1) is 10.0 Å². The SMILES string of the molecule is O=C(NCCNC(=O)c1nc(C2CC2)no1)c1ccc(Cl)c(Cl)c1. The van der Waals surface area contributed by atoms with E-state index in [2.05, 4.69) is 20.8 Å². The maximum atomic E-state index is 11.9. The van der Waals surface area contributed by atoms with Gasteiger partial charge in [0.15, 0.2) is 5.82 Å². The molecule has 0 saturated heterocycles. The van der Waals surface area contributed by atoms with Crippen molar-refractivity contribution in [3.8, 4) is 0 Å². The fourth-order valence-electron chi connectivity index (χ4n) is 2.00. The Labute approximate surface area is 147 Å². The minimum atomic E-state index is -0.460. The van der Waals surface area contributed by atoms with E-state index in [9.17, 15) is 9.59 Å². The van der Waals surface area contributed by atoms with Gasteiger partial charge in [-0.1, -0.05) is 28.4 Å². The van der Waals surface area contributed by atoms with E-state index in [-0.39, 0.29) is 24.9 Å². The Kier molecular flexibility index (Phi) is 5.01. The number of rotatable bonds is 6. The van der Waals surface area contributed by atoms with E-state index < -0.39 is 5.91 Å². The van der Waals surface area contributed by atoms with Crippen LogP contribution in [0, 0.1) is 0 Å². The molecule has 1 aromatic carbocycles. The summed E-state index contributed by atoms with van der Waals surface area (Å²) in [6.07, 6.45) is 2.06. The van der Waals surface area contributed by atoms with Crippen LogP contribution in [0.3, 0.4) is 0 Å². The van der Waals surface area contributed by atoms with Crippen LogP contribution in [0.5, 0.6) is 0 Å². The Hall–Kier alpha value is -2.12. The smallest absolute Gasteiger partial charge is 0.315 e. The average Bonchev–Trinajstić information content (AvgIpc) is 3.30. The van der Waals surface area contributed by atoms with Crippen LogP contribution in [-0.4, -0.2) is 35.0 Å². The normalized spacial score (nSPS) is 13.6. The molecule has 1 saturated carbocycles. The lowest BCUT2D eigenvalue weighted by Crippen LogP contribution is -2.34. The predicted octanol–water partition coefficient (Wildman–Crippen LogP) is 2.41. The number of benzene rings is 1. The number of nitrogens with one attached hydrogen (secondary N) is 2. The topological polar surface area (TPSA) is 97.1 Å². The molecule has 1 heterocycles. The van der Waals surface area contributed by atoms with Crippen molar-refractivity contribution in [1.29, 1.82) is 0 Å². The second-order valence-electron chi connectivity index (χ2n) is 5.37. The van der Waals surface area contributed by atoms with Gasteiger partial charge in [-0.3, -0.25) is 9.59 Å². The van der Waals surface area contributed by atoms with Crippen molar-refractivity contribution in [2.45, 2.75) is 18.8 Å². The molecule has 0 atom stereocenters. The zero-order valence-corrected chi connectivity index (χ0v) is 14.0. The molecule has 3 rings (SSSR count). The summed E-state index contributed by atoms with van der Waals surface area (Å²) in [6, 6.07) is 4.60. The highest BCUT2D eigenvalue weighted by atomic mass is 35.5. The van der Waals surface area contributed by atoms with Gasteiger partial charge in [0, 0.05) is 24.6 Å². The number of halogens is 2. The first-order chi connectivity index (χ1) is 11.5. The third-order valence-corrected chi connectivity index (χ3v) is 4.20. The second-order valence-corrected chi connectivity index (χ2v) is 6.19. The van der Waals surface area contributed by atoms with Crippen molar-refractivity contribution < 1.29 is 14.1 Å². The van der Waals surface area contributed by atoms with E-state index in [0.29, 0.717) is 27.4 Å². The Balaban J connectivity index is 1.43. The lowest BCUT2D eigenvalue weighted by atomic mass is 10.2. The van der Waals surface area contributed by atoms with Crippen LogP contribution in [0.25, 0.3) is 0 Å². The number of aromatic nitrogens is 2. The van der Waals surface area contributed by atoms with Gasteiger partial charge in [0.25, 0.3) is 5.91 Å². The van der Waals surface area contributed by atoms with Gasteiger partial charge in [-0.25, -0.2) is 0 Å². The Morgan fingerprint density at radius 2 is 1.83 bits per heavy atom. The molecular weight excluding hydrogens is 355 g/mol. The number of carbonyl (C=O) groups is 2. The minimum Gasteiger partial charge on any atom is -0.350 e. The molecule has 126 valence electrons. The van der Waals surface area contributed by atoms with Crippen LogP contribution in [0.1, 0.15) is 45.6 Å². The zero-order valence-electron chi connectivity index (χ0n) is 12.5. The van der Waals surface area contributed by atoms with Gasteiger partial charge in [0.2, 0.25) is 0 Å². The van der Waals surface area contributed by atoms with E-state index in [1.54, 1.807) is 12.1 Å². The summed E-state index contributed by atoms with van der Waals surface area (Å²) in [5.41, 5.74) is 0.390. The van der Waals surface area contributed by atoms with E-state index in [1.165, 1.54) is 6.07 Å². The number of carbonyl (C=O) groups excluding carboxylic acids is 2. The second kappa shape index (κ2) is 7.19. The summed E-state index contributed by atoms with van der Waals surface area (Å²) in [4.78, 5) is 27.8. The fraction of sp³-hybridized carbons (Fsp3) is 0.333. The maximum absolute atomic E-state index is 11.9. The zero-order chi connectivity index (χ0) is 17.1. The van der Waals surface area contributed by atoms with E-state index in [4.69, 9.17) is 27.7 Å². The lowest BCUT2D eigenvalue weighted by Gasteiger charge is -2.06. The Morgan fingerprint density at radius 3 is 2.50 bits per heavy atom. The maximum Gasteiger partial charge on any atom is 0.315 e. The van der Waals surface area contributed by atoms with Crippen molar-refractivity contribution in [2.75, 3.05) is 13.1 Å². The minimum absolute atomic E-state index is 0.0623. The first-order valence-electron chi connectivity index (χ1n) is 7.39. The summed E-state index contributed by atoms with van der Waals surface area (Å²) >= 11 is 11.7. The van der Waals surface area contributed by atoms with Crippen molar-refractivity contribution in [1.82, 2.24) is 20.8 Å². The van der Waals surface area contributed by atoms with Gasteiger partial charge in [-0.05, 0) is 31.0 Å². The quantitative estimate of drug-likeness (QED) is 0.763. The molecule has 24 heavy (non-hydrogen) atoms. The third kappa shape index (κ3) is 4.04. The summed E-state index contributed by atoms with van der Waals surface area (Å²) in [5, 5.41) is 9.72. The van der Waals surface area contributed by atoms with Gasteiger partial charge in [-0.15, -0.1) is 0 Å². The molecule has 0 radical (unpaired) electrons. The lowest BCUT2D eigenvalue weighted by molar-refractivity contribution is 0.0898. The molecule has 2 N–H and O–H groups in total. The Morgan fingerprint density at radius 1 is 1.12 bits per heavy atom. The van der Waals surface area contributed by atoms with Gasteiger partial charge < -0.3 is 15.2 Å². The molecule has 1 aliphatic rings. The summed E-state index contributed by atoms with van der Waals surface area (Å²) in [6.45, 7) is 0.474. The van der Waals surface area contributed by atoms with E-state index in [0.717, 1.165) is 12.8 Å². The fourth-order valence-corrected chi connectivity index (χ4v) is 2.30. The van der Waals surface area contributed by atoms with Crippen LogP contribution in [0.4, 0.5) is 0 Å². The first kappa shape index (κ1) is 16.7. The molecule has 2 aromatic rings. The van der Waals surface area contributed by atoms with Gasteiger partial charge >= 0.3 is 11.8 Å². The van der Waals surface area contributed by atoms with Crippen LogP contribution in [0.2, 0.25) is 10.0 Å². The highest BCUT2D eigenvalue weighted by Gasteiger charge is 2.29. The highest BCUT2D eigenvalue weighted by Crippen LogP contribution is 2.38. The van der Waals surface area contributed by atoms with E-state index >= 15 is 0 Å². The third-order valence-electron chi connectivity index (χ3n) is 3.46. The van der Waals surface area contributed by atoms with Crippen LogP contribution in [-0.2, 0) is 0 Å². The van der Waals surface area contributed by atoms with Gasteiger partial charge in [-0.2, -0.15) is 4.98 Å². The number of nitrogens with zero attached hydrogens (tertiary/aromatic N) is 2. The molecular formula is C15H14Cl2N4O3. The van der Waals surface area contributed by atoms with Gasteiger partial charge in [0.1, 0.15) is 0 Å². The molecule has 0 aliphatic heterocycles. The molecule has 2 amide bonds. The van der Waals surface area contributed by atoms with Crippen LogP contribution in [0.15, 0.2) is 22.7 Å². The summed E-state index contributed by atoms with van der Waals surface area (Å²) in [5.74, 6) is 0.0661. The number of hydrogen-bond acceptors (Lipinski definition) is 5.